The van der Waals surface area contributed by atoms with Crippen LogP contribution in [0.3, 0.4) is 0 Å². The van der Waals surface area contributed by atoms with Crippen molar-refractivity contribution in [2.24, 2.45) is 5.92 Å². The number of rotatable bonds is 1. The van der Waals surface area contributed by atoms with Crippen molar-refractivity contribution in [3.8, 4) is 0 Å². The second-order valence-electron chi connectivity index (χ2n) is 2.84. The summed E-state index contributed by atoms with van der Waals surface area (Å²) in [6.45, 7) is 4.18. The van der Waals surface area contributed by atoms with Crippen molar-refractivity contribution in [3.05, 3.63) is 0 Å². The molecule has 0 heterocycles. The molecule has 0 radical (unpaired) electrons. The summed E-state index contributed by atoms with van der Waals surface area (Å²) >= 11 is 5.93. The van der Waals surface area contributed by atoms with Gasteiger partial charge in [0.2, 0.25) is 0 Å². The summed E-state index contributed by atoms with van der Waals surface area (Å²) < 4.78 is 0. The van der Waals surface area contributed by atoms with Gasteiger partial charge in [-0.3, -0.25) is 0 Å². The minimum absolute atomic E-state index is 0.0833. The largest absolute Gasteiger partial charge is 0.120 e. The Bertz CT molecular complexity index is 66.7. The molecule has 1 aliphatic rings. The molecule has 1 saturated carbocycles. The second-order valence-corrected chi connectivity index (χ2v) is 3.81. The van der Waals surface area contributed by atoms with Crippen LogP contribution in [0.1, 0.15) is 26.7 Å². The summed E-state index contributed by atoms with van der Waals surface area (Å²) in [6.07, 6.45) is 2.69. The Balaban J connectivity index is 2.36. The first-order chi connectivity index (χ1) is 3.11. The zero-order chi connectivity index (χ0) is 5.49. The molecular formula is C6H11Cl. The molecular weight excluding hydrogens is 108 g/mol. The van der Waals surface area contributed by atoms with Crippen LogP contribution in [0.15, 0.2) is 0 Å². The van der Waals surface area contributed by atoms with Crippen LogP contribution in [0.5, 0.6) is 0 Å². The molecule has 0 aromatic carbocycles. The molecule has 0 unspecified atom stereocenters. The third-order valence-corrected chi connectivity index (χ3v) is 1.86. The lowest BCUT2D eigenvalue weighted by Crippen LogP contribution is -2.11. The van der Waals surface area contributed by atoms with E-state index in [-0.39, 0.29) is 4.87 Å². The van der Waals surface area contributed by atoms with E-state index < -0.39 is 0 Å². The van der Waals surface area contributed by atoms with E-state index in [9.17, 15) is 0 Å². The van der Waals surface area contributed by atoms with Crippen LogP contribution in [-0.2, 0) is 0 Å². The standard InChI is InChI=1S/C6H11Cl/c1-6(2,7)5-3-4-5/h5H,3-4H2,1-2H3. The molecule has 0 aromatic rings. The second kappa shape index (κ2) is 1.38. The first kappa shape index (κ1) is 5.43. The van der Waals surface area contributed by atoms with Gasteiger partial charge in [0.15, 0.2) is 0 Å². The molecule has 0 amide bonds. The predicted molar refractivity (Wildman–Crippen MR) is 32.7 cm³/mol. The van der Waals surface area contributed by atoms with Crippen LogP contribution in [0.2, 0.25) is 0 Å². The van der Waals surface area contributed by atoms with E-state index in [0.29, 0.717) is 0 Å². The summed E-state index contributed by atoms with van der Waals surface area (Å²) in [7, 11) is 0. The van der Waals surface area contributed by atoms with Gasteiger partial charge in [0.05, 0.1) is 0 Å². The van der Waals surface area contributed by atoms with Gasteiger partial charge in [-0.15, -0.1) is 11.6 Å². The van der Waals surface area contributed by atoms with E-state index >= 15 is 0 Å². The molecule has 0 bridgehead atoms. The van der Waals surface area contributed by atoms with E-state index in [1.54, 1.807) is 0 Å². The quantitative estimate of drug-likeness (QED) is 0.464. The molecule has 0 atom stereocenters. The van der Waals surface area contributed by atoms with Gasteiger partial charge in [0, 0.05) is 4.87 Å². The lowest BCUT2D eigenvalue weighted by Gasteiger charge is -2.12. The van der Waals surface area contributed by atoms with Crippen LogP contribution >= 0.6 is 11.6 Å². The highest BCUT2D eigenvalue weighted by atomic mass is 35.5. The molecule has 0 N–H and O–H groups in total. The van der Waals surface area contributed by atoms with Crippen molar-refractivity contribution >= 4 is 11.6 Å². The van der Waals surface area contributed by atoms with E-state index in [1.807, 2.05) is 0 Å². The maximum Gasteiger partial charge on any atom is 0.0418 e. The van der Waals surface area contributed by atoms with E-state index in [1.165, 1.54) is 12.8 Å². The molecule has 7 heavy (non-hydrogen) atoms. The van der Waals surface area contributed by atoms with Crippen molar-refractivity contribution in [1.82, 2.24) is 0 Å². The van der Waals surface area contributed by atoms with Crippen molar-refractivity contribution in [3.63, 3.8) is 0 Å². The normalized spacial score (nSPS) is 22.7. The topological polar surface area (TPSA) is 0 Å². The van der Waals surface area contributed by atoms with E-state index in [0.717, 1.165) is 5.92 Å². The van der Waals surface area contributed by atoms with Crippen molar-refractivity contribution in [2.45, 2.75) is 31.6 Å². The Kier molecular flexibility index (Phi) is 1.07. The fourth-order valence-electron chi connectivity index (χ4n) is 0.770. The minimum Gasteiger partial charge on any atom is -0.120 e. The molecule has 0 spiro atoms. The molecule has 0 saturated heterocycles. The van der Waals surface area contributed by atoms with Gasteiger partial charge in [0.25, 0.3) is 0 Å². The Morgan fingerprint density at radius 3 is 1.86 bits per heavy atom. The maximum atomic E-state index is 5.93. The van der Waals surface area contributed by atoms with Gasteiger partial charge in [-0.1, -0.05) is 0 Å². The molecule has 0 aliphatic heterocycles. The van der Waals surface area contributed by atoms with Crippen LogP contribution in [-0.4, -0.2) is 4.87 Å². The summed E-state index contributed by atoms with van der Waals surface area (Å²) in [4.78, 5) is 0.0833. The molecule has 42 valence electrons. The summed E-state index contributed by atoms with van der Waals surface area (Å²) in [5, 5.41) is 0. The van der Waals surface area contributed by atoms with Gasteiger partial charge in [-0.05, 0) is 32.6 Å². The lowest BCUT2D eigenvalue weighted by atomic mass is 10.1. The third kappa shape index (κ3) is 1.34. The Morgan fingerprint density at radius 2 is 1.86 bits per heavy atom. The molecule has 1 rings (SSSR count). The summed E-state index contributed by atoms with van der Waals surface area (Å²) in [5.41, 5.74) is 0. The average molecular weight is 119 g/mol. The molecule has 1 fully saturated rings. The van der Waals surface area contributed by atoms with Gasteiger partial charge >= 0.3 is 0 Å². The third-order valence-electron chi connectivity index (χ3n) is 1.55. The molecule has 0 nitrogen and oxygen atoms in total. The summed E-state index contributed by atoms with van der Waals surface area (Å²) in [6, 6.07) is 0. The minimum atomic E-state index is 0.0833. The van der Waals surface area contributed by atoms with Crippen LogP contribution < -0.4 is 0 Å². The van der Waals surface area contributed by atoms with E-state index in [2.05, 4.69) is 13.8 Å². The van der Waals surface area contributed by atoms with Crippen LogP contribution in [0.4, 0.5) is 0 Å². The smallest absolute Gasteiger partial charge is 0.0418 e. The summed E-state index contributed by atoms with van der Waals surface area (Å²) in [5.74, 6) is 0.814. The molecule has 1 heteroatoms. The van der Waals surface area contributed by atoms with E-state index in [4.69, 9.17) is 11.6 Å². The van der Waals surface area contributed by atoms with Crippen LogP contribution in [0.25, 0.3) is 0 Å². The van der Waals surface area contributed by atoms with Gasteiger partial charge in [0.1, 0.15) is 0 Å². The fraction of sp³-hybridized carbons (Fsp3) is 1.00. The highest BCUT2D eigenvalue weighted by molar-refractivity contribution is 6.23. The van der Waals surface area contributed by atoms with Crippen molar-refractivity contribution in [2.75, 3.05) is 0 Å². The monoisotopic (exact) mass is 118 g/mol. The Hall–Kier alpha value is 0.290. The maximum absolute atomic E-state index is 5.93. The highest BCUT2D eigenvalue weighted by Crippen LogP contribution is 2.42. The molecule has 0 aromatic heterocycles. The number of halogens is 1. The Labute approximate surface area is 49.9 Å². The van der Waals surface area contributed by atoms with Crippen molar-refractivity contribution in [1.29, 1.82) is 0 Å². The first-order valence-corrected chi connectivity index (χ1v) is 3.17. The first-order valence-electron chi connectivity index (χ1n) is 2.79. The predicted octanol–water partition coefficient (Wildman–Crippen LogP) is 2.41. The fourth-order valence-corrected chi connectivity index (χ4v) is 0.988. The lowest BCUT2D eigenvalue weighted by molar-refractivity contribution is 0.607. The van der Waals surface area contributed by atoms with Crippen LogP contribution in [0, 0.1) is 5.92 Å². The molecule has 1 aliphatic carbocycles. The zero-order valence-electron chi connectivity index (χ0n) is 4.87. The number of hydrogen-bond donors (Lipinski definition) is 0. The number of hydrogen-bond acceptors (Lipinski definition) is 0. The number of alkyl halides is 1. The van der Waals surface area contributed by atoms with Crippen molar-refractivity contribution < 1.29 is 0 Å². The SMILES string of the molecule is CC(C)(Cl)C1CC1. The average Bonchev–Trinajstić information content (AvgIpc) is 1.99. The zero-order valence-corrected chi connectivity index (χ0v) is 5.63. The van der Waals surface area contributed by atoms with Gasteiger partial charge in [-0.25, -0.2) is 0 Å². The Morgan fingerprint density at radius 1 is 1.43 bits per heavy atom. The van der Waals surface area contributed by atoms with Gasteiger partial charge in [-0.2, -0.15) is 0 Å². The highest BCUT2D eigenvalue weighted by Gasteiger charge is 2.35. The van der Waals surface area contributed by atoms with Gasteiger partial charge < -0.3 is 0 Å².